The summed E-state index contributed by atoms with van der Waals surface area (Å²) in [6.07, 6.45) is 0. The molecule has 0 aromatic heterocycles. The molecule has 1 amide bonds. The maximum atomic E-state index is 10.4. The van der Waals surface area contributed by atoms with E-state index in [1.807, 2.05) is 18.9 Å². The molecule has 52 valence electrons. The van der Waals surface area contributed by atoms with Gasteiger partial charge in [0.2, 0.25) is 0 Å². The second kappa shape index (κ2) is 2.87. The maximum absolute atomic E-state index is 10.4. The molecule has 0 aromatic rings. The van der Waals surface area contributed by atoms with E-state index in [1.54, 1.807) is 0 Å². The van der Waals surface area contributed by atoms with E-state index in [1.165, 1.54) is 0 Å². The third kappa shape index (κ3) is 1.71. The van der Waals surface area contributed by atoms with Crippen molar-refractivity contribution in [2.24, 2.45) is 4.99 Å². The van der Waals surface area contributed by atoms with Crippen molar-refractivity contribution in [2.75, 3.05) is 13.6 Å². The molecule has 1 rings (SSSR count). The average molecular weight is 146 g/mol. The molecule has 4 heteroatoms. The van der Waals surface area contributed by atoms with Crippen molar-refractivity contribution >= 4 is 25.2 Å². The number of rotatable bonds is 0. The summed E-state index contributed by atoms with van der Waals surface area (Å²) in [5, 5.41) is 0. The van der Waals surface area contributed by atoms with Gasteiger partial charge in [0.05, 0.1) is 6.54 Å². The van der Waals surface area contributed by atoms with Crippen LogP contribution in [0.15, 0.2) is 4.99 Å². The first-order valence-corrected chi connectivity index (χ1v) is 2.49. The molecular formula is C5H10N2OS. The van der Waals surface area contributed by atoms with Gasteiger partial charge in [0.25, 0.3) is 5.91 Å². The van der Waals surface area contributed by atoms with Gasteiger partial charge in [-0.3, -0.25) is 4.79 Å². The highest BCUT2D eigenvalue weighted by molar-refractivity contribution is 7.59. The Hall–Kier alpha value is -0.510. The summed E-state index contributed by atoms with van der Waals surface area (Å²) in [6, 6.07) is 0. The zero-order valence-electron chi connectivity index (χ0n) is 5.51. The smallest absolute Gasteiger partial charge is 0.266 e. The Balaban J connectivity index is 0.000000640. The molecule has 0 saturated carbocycles. The van der Waals surface area contributed by atoms with E-state index in [0.717, 1.165) is 5.84 Å². The number of hydrogen-bond donors (Lipinski definition) is 0. The first-order valence-electron chi connectivity index (χ1n) is 2.49. The third-order valence-corrected chi connectivity index (χ3v) is 1.21. The molecule has 0 N–H and O–H groups in total. The van der Waals surface area contributed by atoms with Crippen LogP contribution in [-0.2, 0) is 4.79 Å². The van der Waals surface area contributed by atoms with Crippen LogP contribution in [0.25, 0.3) is 0 Å². The van der Waals surface area contributed by atoms with Gasteiger partial charge in [-0.2, -0.15) is 18.5 Å². The highest BCUT2D eigenvalue weighted by Crippen LogP contribution is 1.96. The summed E-state index contributed by atoms with van der Waals surface area (Å²) in [5.74, 6) is 0.778. The van der Waals surface area contributed by atoms with Crippen molar-refractivity contribution in [3.8, 4) is 0 Å². The van der Waals surface area contributed by atoms with Crippen LogP contribution in [-0.4, -0.2) is 30.2 Å². The molecule has 1 aliphatic rings. The fourth-order valence-electron chi connectivity index (χ4n) is 0.618. The molecule has 0 spiro atoms. The Kier molecular flexibility index (Phi) is 2.70. The van der Waals surface area contributed by atoms with Crippen LogP contribution in [0, 0.1) is 0 Å². The monoisotopic (exact) mass is 146 g/mol. The van der Waals surface area contributed by atoms with Crippen molar-refractivity contribution in [1.82, 2.24) is 4.90 Å². The van der Waals surface area contributed by atoms with E-state index in [2.05, 4.69) is 4.99 Å². The van der Waals surface area contributed by atoms with Gasteiger partial charge in [-0.25, -0.2) is 0 Å². The number of likely N-dealkylation sites (N-methyl/N-ethyl adjacent to an activating group) is 1. The highest BCUT2D eigenvalue weighted by atomic mass is 32.1. The summed E-state index contributed by atoms with van der Waals surface area (Å²) in [4.78, 5) is 15.9. The molecule has 0 fully saturated rings. The van der Waals surface area contributed by atoms with Gasteiger partial charge in [-0.1, -0.05) is 0 Å². The van der Waals surface area contributed by atoms with Crippen molar-refractivity contribution in [2.45, 2.75) is 6.92 Å². The summed E-state index contributed by atoms with van der Waals surface area (Å²) < 4.78 is 0. The molecule has 0 atom stereocenters. The Morgan fingerprint density at radius 3 is 2.33 bits per heavy atom. The van der Waals surface area contributed by atoms with E-state index in [-0.39, 0.29) is 19.4 Å². The predicted molar refractivity (Wildman–Crippen MR) is 41.1 cm³/mol. The zero-order chi connectivity index (χ0) is 6.15. The topological polar surface area (TPSA) is 32.7 Å². The van der Waals surface area contributed by atoms with Gasteiger partial charge >= 0.3 is 0 Å². The van der Waals surface area contributed by atoms with Crippen molar-refractivity contribution in [3.05, 3.63) is 0 Å². The fraction of sp³-hybridized carbons (Fsp3) is 0.600. The lowest BCUT2D eigenvalue weighted by atomic mass is 10.6. The lowest BCUT2D eigenvalue weighted by molar-refractivity contribution is -0.116. The van der Waals surface area contributed by atoms with Crippen LogP contribution in [0.2, 0.25) is 0 Å². The Morgan fingerprint density at radius 2 is 2.22 bits per heavy atom. The van der Waals surface area contributed by atoms with Gasteiger partial charge in [0.15, 0.2) is 0 Å². The van der Waals surface area contributed by atoms with Gasteiger partial charge in [0.1, 0.15) is 5.84 Å². The Labute approximate surface area is 61.2 Å². The molecular weight excluding hydrogens is 136 g/mol. The SMILES string of the molecule is CC1=NC(=O)CN1C.S. The molecule has 1 heterocycles. The van der Waals surface area contributed by atoms with E-state index in [4.69, 9.17) is 0 Å². The van der Waals surface area contributed by atoms with Crippen molar-refractivity contribution in [1.29, 1.82) is 0 Å². The standard InChI is InChI=1S/C5H8N2O.H2S/c1-4-6-5(8)3-7(4)2;/h3H2,1-2H3;1H2. The summed E-state index contributed by atoms with van der Waals surface area (Å²) >= 11 is 0. The minimum absolute atomic E-state index is 0. The van der Waals surface area contributed by atoms with E-state index < -0.39 is 0 Å². The second-order valence-electron chi connectivity index (χ2n) is 1.91. The summed E-state index contributed by atoms with van der Waals surface area (Å²) in [5.41, 5.74) is 0. The molecule has 0 bridgehead atoms. The average Bonchev–Trinajstić information content (AvgIpc) is 1.85. The van der Waals surface area contributed by atoms with Gasteiger partial charge in [-0.15, -0.1) is 0 Å². The minimum atomic E-state index is -0.0370. The Morgan fingerprint density at radius 1 is 1.67 bits per heavy atom. The van der Waals surface area contributed by atoms with E-state index >= 15 is 0 Å². The molecule has 3 nitrogen and oxygen atoms in total. The quantitative estimate of drug-likeness (QED) is 0.481. The molecule has 0 aromatic carbocycles. The number of hydrogen-bond acceptors (Lipinski definition) is 2. The molecule has 0 unspecified atom stereocenters. The third-order valence-electron chi connectivity index (χ3n) is 1.21. The lowest BCUT2D eigenvalue weighted by Gasteiger charge is -2.05. The molecule has 0 aliphatic carbocycles. The maximum Gasteiger partial charge on any atom is 0.266 e. The summed E-state index contributed by atoms with van der Waals surface area (Å²) in [6.45, 7) is 2.27. The normalized spacial score (nSPS) is 17.3. The van der Waals surface area contributed by atoms with Crippen molar-refractivity contribution in [3.63, 3.8) is 0 Å². The second-order valence-corrected chi connectivity index (χ2v) is 1.91. The van der Waals surface area contributed by atoms with Gasteiger partial charge in [-0.05, 0) is 6.92 Å². The molecule has 9 heavy (non-hydrogen) atoms. The fourth-order valence-corrected chi connectivity index (χ4v) is 0.618. The lowest BCUT2D eigenvalue weighted by Crippen LogP contribution is -2.20. The van der Waals surface area contributed by atoms with Crippen molar-refractivity contribution < 1.29 is 4.79 Å². The Bertz CT molecular complexity index is 155. The van der Waals surface area contributed by atoms with E-state index in [0.29, 0.717) is 6.54 Å². The van der Waals surface area contributed by atoms with Crippen LogP contribution in [0.3, 0.4) is 0 Å². The number of amidine groups is 1. The first kappa shape index (κ1) is 8.49. The molecule has 1 aliphatic heterocycles. The largest absolute Gasteiger partial charge is 0.354 e. The predicted octanol–water partition coefficient (Wildman–Crippen LogP) is -0.0104. The zero-order valence-corrected chi connectivity index (χ0v) is 6.51. The minimum Gasteiger partial charge on any atom is -0.354 e. The van der Waals surface area contributed by atoms with Crippen LogP contribution < -0.4 is 0 Å². The number of amides is 1. The van der Waals surface area contributed by atoms with Crippen LogP contribution >= 0.6 is 13.5 Å². The van der Waals surface area contributed by atoms with Crippen LogP contribution in [0.5, 0.6) is 0 Å². The van der Waals surface area contributed by atoms with Crippen LogP contribution in [0.4, 0.5) is 0 Å². The van der Waals surface area contributed by atoms with Crippen LogP contribution in [0.1, 0.15) is 6.92 Å². The van der Waals surface area contributed by atoms with Gasteiger partial charge in [0, 0.05) is 7.05 Å². The van der Waals surface area contributed by atoms with Gasteiger partial charge < -0.3 is 4.90 Å². The molecule has 0 radical (unpaired) electrons. The number of carbonyl (C=O) groups excluding carboxylic acids is 1. The summed E-state index contributed by atoms with van der Waals surface area (Å²) in [7, 11) is 1.85. The number of nitrogens with zero attached hydrogens (tertiary/aromatic N) is 2. The first-order chi connectivity index (χ1) is 3.70. The molecule has 0 saturated heterocycles. The highest BCUT2D eigenvalue weighted by Gasteiger charge is 2.13. The number of carbonyl (C=O) groups is 1. The van der Waals surface area contributed by atoms with E-state index in [9.17, 15) is 4.79 Å². The number of aliphatic imine (C=N–C) groups is 1.